The van der Waals surface area contributed by atoms with E-state index in [0.29, 0.717) is 12.5 Å². The van der Waals surface area contributed by atoms with Gasteiger partial charge in [-0.1, -0.05) is 55.8 Å². The molecule has 6 heteroatoms. The number of carbonyl (C=O) groups excluding carboxylic acids is 1. The van der Waals surface area contributed by atoms with E-state index >= 15 is 0 Å². The summed E-state index contributed by atoms with van der Waals surface area (Å²) >= 11 is 6.20. The molecule has 0 saturated carbocycles. The van der Waals surface area contributed by atoms with Gasteiger partial charge in [0.25, 0.3) is 0 Å². The molecule has 32 heavy (non-hydrogen) atoms. The van der Waals surface area contributed by atoms with Crippen molar-refractivity contribution in [3.05, 3.63) is 82.1 Å². The van der Waals surface area contributed by atoms with Gasteiger partial charge in [-0.05, 0) is 35.7 Å². The van der Waals surface area contributed by atoms with Crippen molar-refractivity contribution >= 4 is 17.5 Å². The highest BCUT2D eigenvalue weighted by atomic mass is 35.5. The van der Waals surface area contributed by atoms with Crippen molar-refractivity contribution in [2.24, 2.45) is 5.92 Å². The lowest BCUT2D eigenvalue weighted by molar-refractivity contribution is -0.130. The molecule has 0 unspecified atom stereocenters. The second kappa shape index (κ2) is 9.88. The van der Waals surface area contributed by atoms with Gasteiger partial charge in [0.15, 0.2) is 0 Å². The quantitative estimate of drug-likeness (QED) is 0.503. The number of nitrogens with zero attached hydrogens (tertiary/aromatic N) is 4. The zero-order valence-corrected chi connectivity index (χ0v) is 19.8. The second-order valence-corrected chi connectivity index (χ2v) is 9.44. The van der Waals surface area contributed by atoms with Crippen molar-refractivity contribution in [2.45, 2.75) is 46.8 Å². The van der Waals surface area contributed by atoms with E-state index in [-0.39, 0.29) is 5.91 Å². The Labute approximate surface area is 195 Å². The fourth-order valence-corrected chi connectivity index (χ4v) is 4.62. The topological polar surface area (TPSA) is 41.4 Å². The van der Waals surface area contributed by atoms with Gasteiger partial charge in [-0.25, -0.2) is 4.68 Å². The summed E-state index contributed by atoms with van der Waals surface area (Å²) in [5, 5.41) is 5.79. The molecule has 3 aromatic rings. The highest BCUT2D eigenvalue weighted by Gasteiger charge is 2.27. The Kier molecular flexibility index (Phi) is 6.97. The molecule has 0 atom stereocenters. The Hall–Kier alpha value is -2.63. The molecule has 0 bridgehead atoms. The minimum atomic E-state index is 0.0910. The number of fused-ring (bicyclic) bond motifs is 1. The van der Waals surface area contributed by atoms with Gasteiger partial charge in [-0.15, -0.1) is 0 Å². The number of halogens is 1. The molecule has 0 spiro atoms. The van der Waals surface area contributed by atoms with Crippen molar-refractivity contribution in [3.63, 3.8) is 0 Å². The maximum atomic E-state index is 12.3. The molecule has 4 rings (SSSR count). The van der Waals surface area contributed by atoms with Crippen LogP contribution in [0.2, 0.25) is 5.02 Å². The van der Waals surface area contributed by atoms with Gasteiger partial charge in [0.1, 0.15) is 0 Å². The SMILES string of the molecule is CC(=O)N(Cc1nn(-c2ccccc2)c2c1CN(Cc1cccc(Cl)c1)CC2)CC(C)C. The first-order valence-electron chi connectivity index (χ1n) is 11.3. The van der Waals surface area contributed by atoms with E-state index < -0.39 is 0 Å². The normalized spacial score (nSPS) is 13.9. The molecule has 0 N–H and O–H groups in total. The van der Waals surface area contributed by atoms with Crippen LogP contribution in [0, 0.1) is 5.92 Å². The summed E-state index contributed by atoms with van der Waals surface area (Å²) in [5.74, 6) is 0.499. The fraction of sp³-hybridized carbons (Fsp3) is 0.385. The molecule has 1 aliphatic heterocycles. The number of hydrogen-bond donors (Lipinski definition) is 0. The molecular formula is C26H31ClN4O. The van der Waals surface area contributed by atoms with Crippen LogP contribution in [-0.2, 0) is 30.8 Å². The third-order valence-electron chi connectivity index (χ3n) is 5.89. The number of carbonyl (C=O) groups is 1. The van der Waals surface area contributed by atoms with Crippen molar-refractivity contribution in [3.8, 4) is 5.69 Å². The maximum absolute atomic E-state index is 12.3. The summed E-state index contributed by atoms with van der Waals surface area (Å²) in [6, 6.07) is 18.3. The molecule has 168 valence electrons. The third-order valence-corrected chi connectivity index (χ3v) is 6.12. The number of hydrogen-bond acceptors (Lipinski definition) is 3. The van der Waals surface area contributed by atoms with Crippen molar-refractivity contribution in [1.29, 1.82) is 0 Å². The first kappa shape index (κ1) is 22.6. The van der Waals surface area contributed by atoms with Crippen LogP contribution >= 0.6 is 11.6 Å². The number of para-hydroxylation sites is 1. The van der Waals surface area contributed by atoms with Crippen molar-refractivity contribution in [2.75, 3.05) is 13.1 Å². The molecule has 5 nitrogen and oxygen atoms in total. The molecule has 0 aliphatic carbocycles. The van der Waals surface area contributed by atoms with E-state index in [1.807, 2.05) is 41.3 Å². The molecule has 1 aromatic heterocycles. The first-order valence-corrected chi connectivity index (χ1v) is 11.7. The van der Waals surface area contributed by atoms with E-state index in [1.165, 1.54) is 16.8 Å². The van der Waals surface area contributed by atoms with Gasteiger partial charge in [-0.3, -0.25) is 9.69 Å². The summed E-state index contributed by atoms with van der Waals surface area (Å²) in [7, 11) is 0. The highest BCUT2D eigenvalue weighted by Crippen LogP contribution is 2.28. The predicted molar refractivity (Wildman–Crippen MR) is 129 cm³/mol. The zero-order valence-electron chi connectivity index (χ0n) is 19.1. The molecule has 0 fully saturated rings. The average molecular weight is 451 g/mol. The van der Waals surface area contributed by atoms with E-state index in [1.54, 1.807) is 6.92 Å². The van der Waals surface area contributed by atoms with Crippen LogP contribution in [0.5, 0.6) is 0 Å². The number of amides is 1. The van der Waals surface area contributed by atoms with Crippen LogP contribution in [0.15, 0.2) is 54.6 Å². The van der Waals surface area contributed by atoms with Gasteiger partial charge in [-0.2, -0.15) is 5.10 Å². The number of rotatable bonds is 7. The predicted octanol–water partition coefficient (Wildman–Crippen LogP) is 5.09. The number of aromatic nitrogens is 2. The van der Waals surface area contributed by atoms with E-state index in [4.69, 9.17) is 16.7 Å². The molecular weight excluding hydrogens is 420 g/mol. The zero-order chi connectivity index (χ0) is 22.7. The monoisotopic (exact) mass is 450 g/mol. The van der Waals surface area contributed by atoms with E-state index in [2.05, 4.69) is 41.6 Å². The van der Waals surface area contributed by atoms with Crippen LogP contribution in [0.1, 0.15) is 43.3 Å². The summed E-state index contributed by atoms with van der Waals surface area (Å²) in [5.41, 5.74) is 5.77. The van der Waals surface area contributed by atoms with Gasteiger partial charge in [0.2, 0.25) is 5.91 Å². The van der Waals surface area contributed by atoms with Crippen LogP contribution < -0.4 is 0 Å². The van der Waals surface area contributed by atoms with Gasteiger partial charge >= 0.3 is 0 Å². The average Bonchev–Trinajstić information content (AvgIpc) is 3.11. The molecule has 1 amide bonds. The van der Waals surface area contributed by atoms with Crippen LogP contribution in [0.4, 0.5) is 0 Å². The number of benzene rings is 2. The molecule has 2 aromatic carbocycles. The van der Waals surface area contributed by atoms with Crippen LogP contribution in [-0.4, -0.2) is 38.6 Å². The van der Waals surface area contributed by atoms with E-state index in [9.17, 15) is 4.79 Å². The highest BCUT2D eigenvalue weighted by molar-refractivity contribution is 6.30. The van der Waals surface area contributed by atoms with Gasteiger partial charge in [0, 0.05) is 50.1 Å². The Morgan fingerprint density at radius 3 is 2.62 bits per heavy atom. The first-order chi connectivity index (χ1) is 15.4. The van der Waals surface area contributed by atoms with Crippen molar-refractivity contribution < 1.29 is 4.79 Å². The second-order valence-electron chi connectivity index (χ2n) is 9.00. The minimum Gasteiger partial charge on any atom is -0.337 e. The summed E-state index contributed by atoms with van der Waals surface area (Å²) in [6.07, 6.45) is 0.919. The largest absolute Gasteiger partial charge is 0.337 e. The summed E-state index contributed by atoms with van der Waals surface area (Å²) in [4.78, 5) is 16.7. The smallest absolute Gasteiger partial charge is 0.219 e. The Morgan fingerprint density at radius 2 is 1.94 bits per heavy atom. The lowest BCUT2D eigenvalue weighted by Gasteiger charge is -2.29. The van der Waals surface area contributed by atoms with E-state index in [0.717, 1.165) is 49.0 Å². The standard InChI is InChI=1S/C26H31ClN4O/c1-19(2)15-30(20(3)32)18-25-24-17-29(16-21-8-7-9-22(27)14-21)13-12-26(24)31(28-25)23-10-5-4-6-11-23/h4-11,14,19H,12-13,15-18H2,1-3H3. The summed E-state index contributed by atoms with van der Waals surface area (Å²) in [6.45, 7) is 9.82. The third kappa shape index (κ3) is 5.22. The van der Waals surface area contributed by atoms with Gasteiger partial charge < -0.3 is 4.90 Å². The maximum Gasteiger partial charge on any atom is 0.219 e. The Morgan fingerprint density at radius 1 is 1.16 bits per heavy atom. The molecule has 2 heterocycles. The van der Waals surface area contributed by atoms with Crippen LogP contribution in [0.25, 0.3) is 5.69 Å². The lowest BCUT2D eigenvalue weighted by Crippen LogP contribution is -2.34. The molecule has 1 aliphatic rings. The Balaban J connectivity index is 1.66. The fourth-order valence-electron chi connectivity index (χ4n) is 4.41. The molecule has 0 saturated heterocycles. The molecule has 0 radical (unpaired) electrons. The van der Waals surface area contributed by atoms with Gasteiger partial charge in [0.05, 0.1) is 23.6 Å². The van der Waals surface area contributed by atoms with Crippen LogP contribution in [0.3, 0.4) is 0 Å². The van der Waals surface area contributed by atoms with Crippen molar-refractivity contribution in [1.82, 2.24) is 19.6 Å². The minimum absolute atomic E-state index is 0.0910. The Bertz CT molecular complexity index is 1080. The summed E-state index contributed by atoms with van der Waals surface area (Å²) < 4.78 is 2.08. The lowest BCUT2D eigenvalue weighted by atomic mass is 10.0.